The van der Waals surface area contributed by atoms with Crippen LogP contribution in [0.5, 0.6) is 0 Å². The van der Waals surface area contributed by atoms with Gasteiger partial charge in [0.2, 0.25) is 10.0 Å². The lowest BCUT2D eigenvalue weighted by Crippen LogP contribution is -2.18. The summed E-state index contributed by atoms with van der Waals surface area (Å²) in [6, 6.07) is 7.26. The Hall–Kier alpha value is -1.10. The predicted octanol–water partition coefficient (Wildman–Crippen LogP) is 1.41. The molecule has 0 fully saturated rings. The van der Waals surface area contributed by atoms with Crippen molar-refractivity contribution in [3.63, 3.8) is 0 Å². The van der Waals surface area contributed by atoms with E-state index in [1.807, 2.05) is 6.07 Å². The van der Waals surface area contributed by atoms with Gasteiger partial charge >= 0.3 is 0 Å². The zero-order chi connectivity index (χ0) is 12.9. The molecule has 0 radical (unpaired) electrons. The van der Waals surface area contributed by atoms with Crippen molar-refractivity contribution in [1.29, 1.82) is 5.26 Å². The molecule has 0 aromatic heterocycles. The molecule has 92 valence electrons. The molecule has 7 heteroatoms. The molecule has 0 atom stereocenters. The summed E-state index contributed by atoms with van der Waals surface area (Å²) in [5.74, 6) is -0.0442. The average Bonchev–Trinajstić information content (AvgIpc) is 2.23. The van der Waals surface area contributed by atoms with E-state index in [4.69, 9.17) is 10.4 Å². The van der Waals surface area contributed by atoms with Gasteiger partial charge in [0.1, 0.15) is 6.07 Å². The maximum Gasteiger partial charge on any atom is 0.209 e. The number of rotatable bonds is 5. The monoisotopic (exact) mass is 317 g/mol. The van der Waals surface area contributed by atoms with Gasteiger partial charge in [0, 0.05) is 16.7 Å². The Kier molecular flexibility index (Phi) is 4.93. The van der Waals surface area contributed by atoms with Crippen molar-refractivity contribution in [2.75, 3.05) is 17.6 Å². The van der Waals surface area contributed by atoms with Crippen molar-refractivity contribution in [3.8, 4) is 6.07 Å². The molecule has 0 unspecified atom stereocenters. The minimum Gasteiger partial charge on any atom is -0.385 e. The van der Waals surface area contributed by atoms with Crippen LogP contribution in [-0.2, 0) is 10.0 Å². The molecule has 1 rings (SSSR count). The molecule has 0 spiro atoms. The zero-order valence-corrected chi connectivity index (χ0v) is 11.4. The lowest BCUT2D eigenvalue weighted by molar-refractivity contribution is 0.596. The predicted molar refractivity (Wildman–Crippen MR) is 69.9 cm³/mol. The number of hydrogen-bond donors (Lipinski definition) is 2. The minimum absolute atomic E-state index is 0.0442. The number of nitrogens with zero attached hydrogens (tertiary/aromatic N) is 1. The molecular weight excluding hydrogens is 306 g/mol. The van der Waals surface area contributed by atoms with E-state index in [-0.39, 0.29) is 5.75 Å². The standard InChI is InChI=1S/C10H12BrN3O2S/c11-10-6-9(3-2-8(10)7-12)14-4-1-5-17(13,15)16/h2-3,6,14H,1,4-5H2,(H2,13,15,16). The zero-order valence-electron chi connectivity index (χ0n) is 8.98. The number of nitrogens with two attached hydrogens (primary N) is 1. The number of hydrogen-bond acceptors (Lipinski definition) is 4. The van der Waals surface area contributed by atoms with Crippen LogP contribution in [0.15, 0.2) is 22.7 Å². The molecule has 17 heavy (non-hydrogen) atoms. The summed E-state index contributed by atoms with van der Waals surface area (Å²) < 4.78 is 22.1. The van der Waals surface area contributed by atoms with E-state index in [1.165, 1.54) is 0 Å². The largest absolute Gasteiger partial charge is 0.385 e. The molecule has 0 saturated carbocycles. The first-order valence-corrected chi connectivity index (χ1v) is 7.37. The van der Waals surface area contributed by atoms with Crippen LogP contribution in [0.3, 0.4) is 0 Å². The quantitative estimate of drug-likeness (QED) is 0.802. The van der Waals surface area contributed by atoms with E-state index in [0.717, 1.165) is 5.69 Å². The summed E-state index contributed by atoms with van der Waals surface area (Å²) >= 11 is 3.27. The Labute approximate surface area is 109 Å². The summed E-state index contributed by atoms with van der Waals surface area (Å²) in [4.78, 5) is 0. The third-order valence-corrected chi connectivity index (χ3v) is 3.54. The highest BCUT2D eigenvalue weighted by atomic mass is 79.9. The smallest absolute Gasteiger partial charge is 0.209 e. The van der Waals surface area contributed by atoms with Crippen LogP contribution in [0, 0.1) is 11.3 Å². The molecule has 0 aliphatic heterocycles. The van der Waals surface area contributed by atoms with Crippen molar-refractivity contribution in [1.82, 2.24) is 0 Å². The Morgan fingerprint density at radius 1 is 1.47 bits per heavy atom. The van der Waals surface area contributed by atoms with Crippen molar-refractivity contribution in [2.24, 2.45) is 5.14 Å². The van der Waals surface area contributed by atoms with Crippen LogP contribution < -0.4 is 10.5 Å². The molecule has 0 heterocycles. The first kappa shape index (κ1) is 14.0. The Morgan fingerprint density at radius 2 is 2.18 bits per heavy atom. The molecule has 0 saturated heterocycles. The third kappa shape index (κ3) is 5.17. The summed E-state index contributed by atoms with van der Waals surface area (Å²) in [6.07, 6.45) is 0.441. The summed E-state index contributed by atoms with van der Waals surface area (Å²) in [6.45, 7) is 0.509. The van der Waals surface area contributed by atoms with Crippen LogP contribution in [0.25, 0.3) is 0 Å². The molecule has 0 bridgehead atoms. The first-order chi connectivity index (χ1) is 7.92. The van der Waals surface area contributed by atoms with Gasteiger partial charge in [0.25, 0.3) is 0 Å². The van der Waals surface area contributed by atoms with Gasteiger partial charge < -0.3 is 5.32 Å². The van der Waals surface area contributed by atoms with Crippen molar-refractivity contribution < 1.29 is 8.42 Å². The highest BCUT2D eigenvalue weighted by Gasteiger charge is 2.03. The molecule has 1 aromatic carbocycles. The second kappa shape index (κ2) is 6.00. The number of nitriles is 1. The maximum absolute atomic E-state index is 10.7. The van der Waals surface area contributed by atoms with Crippen LogP contribution >= 0.6 is 15.9 Å². The molecular formula is C10H12BrN3O2S. The van der Waals surface area contributed by atoms with Gasteiger partial charge in [-0.3, -0.25) is 0 Å². The van der Waals surface area contributed by atoms with Gasteiger partial charge in [0.05, 0.1) is 11.3 Å². The van der Waals surface area contributed by atoms with E-state index < -0.39 is 10.0 Å². The first-order valence-electron chi connectivity index (χ1n) is 4.86. The molecule has 0 aliphatic rings. The Morgan fingerprint density at radius 3 is 2.71 bits per heavy atom. The lowest BCUT2D eigenvalue weighted by atomic mass is 10.2. The molecule has 3 N–H and O–H groups in total. The summed E-state index contributed by atoms with van der Waals surface area (Å²) in [7, 11) is -3.39. The van der Waals surface area contributed by atoms with E-state index in [1.54, 1.807) is 18.2 Å². The fraction of sp³-hybridized carbons (Fsp3) is 0.300. The Bertz CT molecular complexity index is 537. The van der Waals surface area contributed by atoms with E-state index in [0.29, 0.717) is 23.0 Å². The minimum atomic E-state index is -3.39. The lowest BCUT2D eigenvalue weighted by Gasteiger charge is -2.06. The Balaban J connectivity index is 2.48. The van der Waals surface area contributed by atoms with Gasteiger partial charge in [-0.25, -0.2) is 13.6 Å². The SMILES string of the molecule is N#Cc1ccc(NCCCS(N)(=O)=O)cc1Br. The highest BCUT2D eigenvalue weighted by Crippen LogP contribution is 2.20. The van der Waals surface area contributed by atoms with E-state index in [9.17, 15) is 8.42 Å². The molecule has 0 aliphatic carbocycles. The van der Waals surface area contributed by atoms with E-state index in [2.05, 4.69) is 21.2 Å². The summed E-state index contributed by atoms with van der Waals surface area (Å²) in [5, 5.41) is 16.7. The number of primary sulfonamides is 1. The van der Waals surface area contributed by atoms with Crippen LogP contribution in [0.4, 0.5) is 5.69 Å². The fourth-order valence-electron chi connectivity index (χ4n) is 1.22. The van der Waals surface area contributed by atoms with Crippen molar-refractivity contribution >= 4 is 31.6 Å². The second-order valence-corrected chi connectivity index (χ2v) is 6.04. The van der Waals surface area contributed by atoms with Gasteiger partial charge in [-0.2, -0.15) is 5.26 Å². The van der Waals surface area contributed by atoms with E-state index >= 15 is 0 Å². The van der Waals surface area contributed by atoms with Gasteiger partial charge in [-0.15, -0.1) is 0 Å². The maximum atomic E-state index is 10.7. The number of anilines is 1. The normalized spacial score (nSPS) is 10.9. The third-order valence-electron chi connectivity index (χ3n) is 2.02. The van der Waals surface area contributed by atoms with Crippen LogP contribution in [0.1, 0.15) is 12.0 Å². The number of nitrogens with one attached hydrogen (secondary N) is 1. The van der Waals surface area contributed by atoms with Crippen LogP contribution in [0.2, 0.25) is 0 Å². The number of benzene rings is 1. The molecule has 5 nitrogen and oxygen atoms in total. The second-order valence-electron chi connectivity index (χ2n) is 3.45. The summed E-state index contributed by atoms with van der Waals surface area (Å²) in [5.41, 5.74) is 1.38. The number of sulfonamides is 1. The fourth-order valence-corrected chi connectivity index (χ4v) is 2.24. The van der Waals surface area contributed by atoms with Gasteiger partial charge in [0.15, 0.2) is 0 Å². The van der Waals surface area contributed by atoms with Crippen molar-refractivity contribution in [3.05, 3.63) is 28.2 Å². The topological polar surface area (TPSA) is 96.0 Å². The molecule has 1 aromatic rings. The average molecular weight is 318 g/mol. The molecule has 0 amide bonds. The number of halogens is 1. The van der Waals surface area contributed by atoms with Gasteiger partial charge in [-0.05, 0) is 40.5 Å². The van der Waals surface area contributed by atoms with Gasteiger partial charge in [-0.1, -0.05) is 0 Å². The van der Waals surface area contributed by atoms with Crippen LogP contribution in [-0.4, -0.2) is 20.7 Å². The van der Waals surface area contributed by atoms with Crippen molar-refractivity contribution in [2.45, 2.75) is 6.42 Å². The highest BCUT2D eigenvalue weighted by molar-refractivity contribution is 9.10.